The molecule has 0 radical (unpaired) electrons. The molecule has 1 amide bonds. The molecule has 2 aromatic carbocycles. The van der Waals surface area contributed by atoms with E-state index in [4.69, 9.17) is 0 Å². The van der Waals surface area contributed by atoms with Crippen molar-refractivity contribution in [1.82, 2.24) is 15.1 Å². The molecule has 1 saturated heterocycles. The number of halogens is 4. The second kappa shape index (κ2) is 9.68. The number of rotatable bonds is 4. The molecule has 1 fully saturated rings. The molecule has 0 atom stereocenters. The molecule has 5 nitrogen and oxygen atoms in total. The molecule has 0 bridgehead atoms. The molecule has 0 spiro atoms. The molecule has 4 rings (SSSR count). The molecule has 3 aromatic rings. The summed E-state index contributed by atoms with van der Waals surface area (Å²) in [5.41, 5.74) is 1.72. The molecule has 30 heavy (non-hydrogen) atoms. The van der Waals surface area contributed by atoms with Gasteiger partial charge in [0.1, 0.15) is 11.6 Å². The summed E-state index contributed by atoms with van der Waals surface area (Å²) in [6.07, 6.45) is 3.12. The first-order valence-corrected chi connectivity index (χ1v) is 10.1. The number of anilines is 1. The van der Waals surface area contributed by atoms with Crippen molar-refractivity contribution in [3.63, 3.8) is 0 Å². The van der Waals surface area contributed by atoms with Crippen LogP contribution in [0.15, 0.2) is 53.1 Å². The lowest BCUT2D eigenvalue weighted by atomic mass is 9.91. The summed E-state index contributed by atoms with van der Waals surface area (Å²) in [7, 11) is 0. The molecule has 2 heterocycles. The second-order valence-corrected chi connectivity index (χ2v) is 7.85. The van der Waals surface area contributed by atoms with Crippen LogP contribution in [0.3, 0.4) is 0 Å². The third kappa shape index (κ3) is 4.71. The molecular formula is C21H20BrClF2N4O. The van der Waals surface area contributed by atoms with Gasteiger partial charge in [-0.25, -0.2) is 13.5 Å². The average Bonchev–Trinajstić information content (AvgIpc) is 3.16. The number of carbonyl (C=O) groups is 1. The predicted molar refractivity (Wildman–Crippen MR) is 118 cm³/mol. The van der Waals surface area contributed by atoms with Crippen LogP contribution in [0.4, 0.5) is 14.5 Å². The molecule has 0 unspecified atom stereocenters. The highest BCUT2D eigenvalue weighted by molar-refractivity contribution is 9.10. The first-order chi connectivity index (χ1) is 14.0. The van der Waals surface area contributed by atoms with Crippen LogP contribution in [0.5, 0.6) is 0 Å². The Hall–Kier alpha value is -2.29. The van der Waals surface area contributed by atoms with Crippen molar-refractivity contribution in [3.05, 3.63) is 76.0 Å². The van der Waals surface area contributed by atoms with Crippen LogP contribution in [0.25, 0.3) is 5.69 Å². The number of amides is 1. The minimum absolute atomic E-state index is 0. The van der Waals surface area contributed by atoms with E-state index in [0.29, 0.717) is 21.4 Å². The van der Waals surface area contributed by atoms with Gasteiger partial charge in [0, 0.05) is 10.4 Å². The Kier molecular flexibility index (Phi) is 7.23. The van der Waals surface area contributed by atoms with E-state index < -0.39 is 11.7 Å². The van der Waals surface area contributed by atoms with E-state index in [9.17, 15) is 13.6 Å². The number of nitrogens with zero attached hydrogens (tertiary/aromatic N) is 2. The average molecular weight is 498 g/mol. The van der Waals surface area contributed by atoms with E-state index in [1.165, 1.54) is 30.5 Å². The summed E-state index contributed by atoms with van der Waals surface area (Å²) >= 11 is 3.20. The summed E-state index contributed by atoms with van der Waals surface area (Å²) in [5, 5.41) is 10.3. The molecule has 1 aromatic heterocycles. The van der Waals surface area contributed by atoms with Crippen molar-refractivity contribution in [2.75, 3.05) is 18.4 Å². The minimum atomic E-state index is -0.534. The van der Waals surface area contributed by atoms with Crippen molar-refractivity contribution in [2.45, 2.75) is 18.8 Å². The summed E-state index contributed by atoms with van der Waals surface area (Å²) in [6.45, 7) is 1.64. The SMILES string of the molecule is Cl.O=C(Nc1ccc(Br)cc1F)c1cnn(-c2cccc(F)c2)c1C1CCNCC1. The Morgan fingerprint density at radius 3 is 2.63 bits per heavy atom. The number of aromatic nitrogens is 2. The zero-order valence-corrected chi connectivity index (χ0v) is 18.3. The van der Waals surface area contributed by atoms with E-state index in [0.717, 1.165) is 25.9 Å². The third-order valence-corrected chi connectivity index (χ3v) is 5.50. The van der Waals surface area contributed by atoms with Crippen molar-refractivity contribution >= 4 is 39.9 Å². The molecule has 9 heteroatoms. The normalized spacial score (nSPS) is 14.2. The Morgan fingerprint density at radius 2 is 1.93 bits per heavy atom. The number of hydrogen-bond acceptors (Lipinski definition) is 3. The number of benzene rings is 2. The van der Waals surface area contributed by atoms with Crippen LogP contribution in [0.1, 0.15) is 34.8 Å². The van der Waals surface area contributed by atoms with Gasteiger partial charge in [-0.3, -0.25) is 4.79 Å². The maximum atomic E-state index is 14.2. The quantitative estimate of drug-likeness (QED) is 0.530. The van der Waals surface area contributed by atoms with Crippen molar-refractivity contribution in [3.8, 4) is 5.69 Å². The number of nitrogens with one attached hydrogen (secondary N) is 2. The Labute approximate surface area is 187 Å². The summed E-state index contributed by atoms with van der Waals surface area (Å²) < 4.78 is 30.2. The van der Waals surface area contributed by atoms with Gasteiger partial charge in [-0.1, -0.05) is 22.0 Å². The topological polar surface area (TPSA) is 59.0 Å². The predicted octanol–water partition coefficient (Wildman–Crippen LogP) is 5.05. The van der Waals surface area contributed by atoms with Crippen LogP contribution in [-0.2, 0) is 0 Å². The summed E-state index contributed by atoms with van der Waals surface area (Å²) in [6, 6.07) is 10.5. The van der Waals surface area contributed by atoms with Gasteiger partial charge in [0.05, 0.1) is 28.8 Å². The highest BCUT2D eigenvalue weighted by atomic mass is 79.9. The fraction of sp³-hybridized carbons (Fsp3) is 0.238. The molecule has 0 saturated carbocycles. The van der Waals surface area contributed by atoms with E-state index in [2.05, 4.69) is 31.7 Å². The Morgan fingerprint density at radius 1 is 1.17 bits per heavy atom. The largest absolute Gasteiger partial charge is 0.319 e. The van der Waals surface area contributed by atoms with Gasteiger partial charge in [0.15, 0.2) is 0 Å². The van der Waals surface area contributed by atoms with Crippen LogP contribution in [-0.4, -0.2) is 28.8 Å². The van der Waals surface area contributed by atoms with E-state index in [1.807, 2.05) is 0 Å². The molecule has 158 valence electrons. The standard InChI is InChI=1S/C21H19BrF2N4O.ClH/c22-14-4-5-19(18(24)10-14)27-21(29)17-12-26-28(16-3-1-2-15(23)11-16)20(17)13-6-8-25-9-7-13;/h1-5,10-13,25H,6-9H2,(H,27,29);1H. The maximum Gasteiger partial charge on any atom is 0.259 e. The monoisotopic (exact) mass is 496 g/mol. The van der Waals surface area contributed by atoms with Gasteiger partial charge in [0.25, 0.3) is 5.91 Å². The van der Waals surface area contributed by atoms with Gasteiger partial charge >= 0.3 is 0 Å². The number of piperidine rings is 1. The van der Waals surface area contributed by atoms with E-state index >= 15 is 0 Å². The van der Waals surface area contributed by atoms with Crippen molar-refractivity contribution < 1.29 is 13.6 Å². The van der Waals surface area contributed by atoms with Crippen molar-refractivity contribution in [1.29, 1.82) is 0 Å². The van der Waals surface area contributed by atoms with Crippen LogP contribution >= 0.6 is 28.3 Å². The van der Waals surface area contributed by atoms with E-state index in [1.54, 1.807) is 22.9 Å². The molecule has 1 aliphatic rings. The number of hydrogen-bond donors (Lipinski definition) is 2. The fourth-order valence-corrected chi connectivity index (χ4v) is 3.95. The highest BCUT2D eigenvalue weighted by Crippen LogP contribution is 2.31. The van der Waals surface area contributed by atoms with Crippen molar-refractivity contribution in [2.24, 2.45) is 0 Å². The van der Waals surface area contributed by atoms with Gasteiger partial charge in [0.2, 0.25) is 0 Å². The first-order valence-electron chi connectivity index (χ1n) is 9.34. The smallest absolute Gasteiger partial charge is 0.259 e. The Bertz CT molecular complexity index is 1050. The lowest BCUT2D eigenvalue weighted by Crippen LogP contribution is -2.29. The molecule has 0 aliphatic carbocycles. The van der Waals surface area contributed by atoms with Gasteiger partial charge in [-0.2, -0.15) is 5.10 Å². The van der Waals surface area contributed by atoms with Crippen LogP contribution in [0, 0.1) is 11.6 Å². The maximum absolute atomic E-state index is 14.2. The highest BCUT2D eigenvalue weighted by Gasteiger charge is 2.27. The van der Waals surface area contributed by atoms with Gasteiger partial charge in [-0.15, -0.1) is 12.4 Å². The summed E-state index contributed by atoms with van der Waals surface area (Å²) in [4.78, 5) is 13.0. The molecule has 1 aliphatic heterocycles. The molecule has 2 N–H and O–H groups in total. The molecular weight excluding hydrogens is 478 g/mol. The zero-order chi connectivity index (χ0) is 20.4. The van der Waals surface area contributed by atoms with Crippen LogP contribution in [0.2, 0.25) is 0 Å². The first kappa shape index (κ1) is 22.4. The Balaban J connectivity index is 0.00000256. The summed E-state index contributed by atoms with van der Waals surface area (Å²) in [5.74, 6) is -1.27. The van der Waals surface area contributed by atoms with Gasteiger partial charge < -0.3 is 10.6 Å². The third-order valence-electron chi connectivity index (χ3n) is 5.01. The fourth-order valence-electron chi connectivity index (χ4n) is 3.62. The lowest BCUT2D eigenvalue weighted by molar-refractivity contribution is 0.102. The number of carbonyl (C=O) groups excluding carboxylic acids is 1. The zero-order valence-electron chi connectivity index (χ0n) is 15.9. The van der Waals surface area contributed by atoms with Gasteiger partial charge in [-0.05, 0) is 62.3 Å². The second-order valence-electron chi connectivity index (χ2n) is 6.94. The van der Waals surface area contributed by atoms with E-state index in [-0.39, 0.29) is 29.8 Å². The lowest BCUT2D eigenvalue weighted by Gasteiger charge is -2.24. The minimum Gasteiger partial charge on any atom is -0.319 e. The van der Waals surface area contributed by atoms with Crippen LogP contribution < -0.4 is 10.6 Å².